The van der Waals surface area contributed by atoms with E-state index in [1.54, 1.807) is 0 Å². The molecule has 2 N–H and O–H groups in total. The smallest absolute Gasteiger partial charge is 0.0755 e. The molecule has 4 nitrogen and oxygen atoms in total. The van der Waals surface area contributed by atoms with Gasteiger partial charge in [0.05, 0.1) is 25.4 Å². The number of aliphatic hydroxyl groups excluding tert-OH is 2. The number of hydrogen-bond acceptors (Lipinski definition) is 4. The van der Waals surface area contributed by atoms with Gasteiger partial charge >= 0.3 is 0 Å². The minimum absolute atomic E-state index is 0.116. The van der Waals surface area contributed by atoms with E-state index in [1.807, 2.05) is 19.9 Å². The molecule has 3 rings (SSSR count). The first kappa shape index (κ1) is 22.6. The van der Waals surface area contributed by atoms with Gasteiger partial charge in [-0.1, -0.05) is 30.7 Å². The molecule has 0 aromatic heterocycles. The molecule has 1 aliphatic heterocycles. The molecule has 0 aromatic rings. The second-order valence-corrected chi connectivity index (χ2v) is 9.18. The van der Waals surface area contributed by atoms with Gasteiger partial charge in [0, 0.05) is 18.9 Å². The highest BCUT2D eigenvalue weighted by Gasteiger charge is 2.45. The van der Waals surface area contributed by atoms with Crippen molar-refractivity contribution in [1.29, 1.82) is 0 Å². The van der Waals surface area contributed by atoms with Crippen LogP contribution >= 0.6 is 0 Å². The molecule has 0 radical (unpaired) electrons. The molecule has 4 heteroatoms. The first-order valence-corrected chi connectivity index (χ1v) is 11.5. The Labute approximate surface area is 177 Å². The number of aliphatic hydroxyl groups is 2. The Hall–Kier alpha value is -1.12. The fourth-order valence-corrected chi connectivity index (χ4v) is 5.22. The van der Waals surface area contributed by atoms with Gasteiger partial charge in [-0.25, -0.2) is 0 Å². The molecule has 2 saturated carbocycles. The van der Waals surface area contributed by atoms with E-state index in [0.29, 0.717) is 24.9 Å². The number of likely N-dealkylation sites (tertiary alicyclic amines) is 1. The lowest BCUT2D eigenvalue weighted by Crippen LogP contribution is -2.24. The zero-order valence-electron chi connectivity index (χ0n) is 18.2. The van der Waals surface area contributed by atoms with Crippen molar-refractivity contribution < 1.29 is 14.9 Å². The van der Waals surface area contributed by atoms with E-state index in [2.05, 4.69) is 28.9 Å². The highest BCUT2D eigenvalue weighted by Crippen LogP contribution is 2.50. The van der Waals surface area contributed by atoms with Crippen LogP contribution in [-0.2, 0) is 4.74 Å². The summed E-state index contributed by atoms with van der Waals surface area (Å²) in [6, 6.07) is 0. The predicted octanol–water partition coefficient (Wildman–Crippen LogP) is 3.40. The number of ether oxygens (including phenoxy) is 1. The summed E-state index contributed by atoms with van der Waals surface area (Å²) in [6.45, 7) is 8.88. The summed E-state index contributed by atoms with van der Waals surface area (Å²) in [7, 11) is 0. The Bertz CT molecular complexity index is 626. The summed E-state index contributed by atoms with van der Waals surface area (Å²) in [4.78, 5) is 2.48. The molecular formula is C25H39NO3. The first-order chi connectivity index (χ1) is 14.1. The molecular weight excluding hydrogens is 362 g/mol. The zero-order chi connectivity index (χ0) is 20.6. The normalized spacial score (nSPS) is 33.2. The van der Waals surface area contributed by atoms with Crippen LogP contribution in [0, 0.1) is 35.5 Å². The van der Waals surface area contributed by atoms with Gasteiger partial charge in [0.15, 0.2) is 0 Å². The van der Waals surface area contributed by atoms with Crippen molar-refractivity contribution in [2.24, 2.45) is 23.7 Å². The van der Waals surface area contributed by atoms with E-state index in [9.17, 15) is 10.2 Å². The quantitative estimate of drug-likeness (QED) is 0.353. The number of rotatable bonds is 9. The number of nitrogens with zero attached hydrogens (tertiary/aromatic N) is 1. The van der Waals surface area contributed by atoms with Gasteiger partial charge in [0.2, 0.25) is 0 Å². The van der Waals surface area contributed by atoms with Crippen molar-refractivity contribution in [1.82, 2.24) is 4.90 Å². The van der Waals surface area contributed by atoms with Gasteiger partial charge in [0.25, 0.3) is 0 Å². The lowest BCUT2D eigenvalue weighted by molar-refractivity contribution is 0.132. The molecule has 3 fully saturated rings. The maximum Gasteiger partial charge on any atom is 0.0755 e. The third-order valence-electron chi connectivity index (χ3n) is 7.07. The molecule has 1 saturated heterocycles. The Morgan fingerprint density at radius 3 is 2.83 bits per heavy atom. The van der Waals surface area contributed by atoms with Crippen molar-refractivity contribution >= 4 is 0 Å². The molecule has 6 atom stereocenters. The minimum Gasteiger partial charge on any atom is -0.392 e. The second kappa shape index (κ2) is 11.3. The van der Waals surface area contributed by atoms with Gasteiger partial charge in [0.1, 0.15) is 0 Å². The first-order valence-electron chi connectivity index (χ1n) is 11.5. The fourth-order valence-electron chi connectivity index (χ4n) is 5.22. The van der Waals surface area contributed by atoms with Crippen LogP contribution in [0.2, 0.25) is 0 Å². The lowest BCUT2D eigenvalue weighted by Gasteiger charge is -2.19. The van der Waals surface area contributed by atoms with Crippen molar-refractivity contribution in [3.8, 4) is 11.8 Å². The molecule has 0 amide bonds. The molecule has 0 spiro atoms. The molecule has 29 heavy (non-hydrogen) atoms. The molecule has 0 aromatic carbocycles. The maximum atomic E-state index is 10.5. The van der Waals surface area contributed by atoms with E-state index in [0.717, 1.165) is 32.4 Å². The summed E-state index contributed by atoms with van der Waals surface area (Å²) >= 11 is 0. The third-order valence-corrected chi connectivity index (χ3v) is 7.07. The average Bonchev–Trinajstić information content (AvgIpc) is 3.41. The molecule has 1 heterocycles. The summed E-state index contributed by atoms with van der Waals surface area (Å²) < 4.78 is 5.84. The molecule has 0 bridgehead atoms. The van der Waals surface area contributed by atoms with E-state index >= 15 is 0 Å². The highest BCUT2D eigenvalue weighted by atomic mass is 16.5. The maximum absolute atomic E-state index is 10.5. The van der Waals surface area contributed by atoms with Crippen LogP contribution in [0.3, 0.4) is 0 Å². The zero-order valence-corrected chi connectivity index (χ0v) is 18.2. The van der Waals surface area contributed by atoms with Gasteiger partial charge in [-0.05, 0) is 69.9 Å². The van der Waals surface area contributed by atoms with Crippen LogP contribution in [0.5, 0.6) is 0 Å². The van der Waals surface area contributed by atoms with Crippen molar-refractivity contribution in [2.45, 2.75) is 64.6 Å². The third kappa shape index (κ3) is 6.43. The molecule has 3 aliphatic rings. The van der Waals surface area contributed by atoms with E-state index < -0.39 is 6.10 Å². The van der Waals surface area contributed by atoms with Crippen LogP contribution in [-0.4, -0.2) is 60.2 Å². The van der Waals surface area contributed by atoms with E-state index in [-0.39, 0.29) is 17.9 Å². The van der Waals surface area contributed by atoms with Gasteiger partial charge < -0.3 is 19.8 Å². The fraction of sp³-hybridized carbons (Fsp3) is 0.760. The monoisotopic (exact) mass is 401 g/mol. The van der Waals surface area contributed by atoms with Crippen LogP contribution < -0.4 is 0 Å². The number of hydrogen-bond donors (Lipinski definition) is 2. The Kier molecular flexibility index (Phi) is 8.81. The largest absolute Gasteiger partial charge is 0.392 e. The van der Waals surface area contributed by atoms with Crippen molar-refractivity contribution in [2.75, 3.05) is 32.8 Å². The molecule has 0 unspecified atom stereocenters. The van der Waals surface area contributed by atoms with Crippen LogP contribution in [0.25, 0.3) is 0 Å². The number of allylic oxidation sites excluding steroid dienone is 1. The number of fused-ring (bicyclic) bond motifs is 1. The van der Waals surface area contributed by atoms with Crippen LogP contribution in [0.15, 0.2) is 23.8 Å². The lowest BCUT2D eigenvalue weighted by atomic mass is 9.89. The van der Waals surface area contributed by atoms with Gasteiger partial charge in [-0.15, -0.1) is 11.8 Å². The van der Waals surface area contributed by atoms with Gasteiger partial charge in [-0.2, -0.15) is 0 Å². The second-order valence-electron chi connectivity index (χ2n) is 9.18. The van der Waals surface area contributed by atoms with Crippen molar-refractivity contribution in [3.05, 3.63) is 23.8 Å². The minimum atomic E-state index is -0.498. The highest BCUT2D eigenvalue weighted by molar-refractivity contribution is 5.18. The summed E-state index contributed by atoms with van der Waals surface area (Å²) in [5.74, 6) is 7.26. The van der Waals surface area contributed by atoms with E-state index in [4.69, 9.17) is 4.74 Å². The molecule has 162 valence electrons. The van der Waals surface area contributed by atoms with Crippen LogP contribution in [0.4, 0.5) is 0 Å². The summed E-state index contributed by atoms with van der Waals surface area (Å²) in [5.41, 5.74) is 1.48. The predicted molar refractivity (Wildman–Crippen MR) is 117 cm³/mol. The topological polar surface area (TPSA) is 52.9 Å². The van der Waals surface area contributed by atoms with Crippen LogP contribution in [0.1, 0.15) is 52.4 Å². The standard InChI is InChI=1S/C25H39NO3/c1-3-4-7-19(2)24(27)9-8-22-23-17-20(16-21(23)18-25(22)28)10-14-29-15-13-26-11-5-6-12-26/h8-10,19,21-25,27-28H,5-7,11-18H2,1-2H3/b9-8+,20-10+/t19-,21-,22+,23-,24+,25+/m0/s1. The SMILES string of the molecule is CC#CC[C@H](C)[C@H](O)/C=C/[C@@H]1[C@H]2C/C(=C/COCCN3CCCC3)C[C@H]2C[C@H]1O. The molecule has 2 aliphatic carbocycles. The average molecular weight is 402 g/mol. The Morgan fingerprint density at radius 1 is 1.28 bits per heavy atom. The van der Waals surface area contributed by atoms with Gasteiger partial charge in [-0.3, -0.25) is 0 Å². The Balaban J connectivity index is 1.43. The summed E-state index contributed by atoms with van der Waals surface area (Å²) in [6.07, 6.45) is 11.8. The Morgan fingerprint density at radius 2 is 2.07 bits per heavy atom. The van der Waals surface area contributed by atoms with Crippen molar-refractivity contribution in [3.63, 3.8) is 0 Å². The summed E-state index contributed by atoms with van der Waals surface area (Å²) in [5, 5.41) is 20.9. The van der Waals surface area contributed by atoms with E-state index in [1.165, 1.54) is 31.5 Å².